The number of aryl methyl sites for hydroxylation is 1. The number of nitrogens with one attached hydrogen (secondary N) is 3. The number of aromatic amines is 1. The molecule has 30 heavy (non-hydrogen) atoms. The fraction of sp³-hybridized carbons (Fsp3) is 0.391. The summed E-state index contributed by atoms with van der Waals surface area (Å²) < 4.78 is 10.7. The van der Waals surface area contributed by atoms with Crippen LogP contribution in [-0.4, -0.2) is 49.8 Å². The van der Waals surface area contributed by atoms with Gasteiger partial charge in [0.1, 0.15) is 5.82 Å². The molecule has 0 aliphatic heterocycles. The van der Waals surface area contributed by atoms with Crippen LogP contribution in [0.5, 0.6) is 11.5 Å². The fourth-order valence-corrected chi connectivity index (χ4v) is 3.26. The van der Waals surface area contributed by atoms with Gasteiger partial charge in [-0.3, -0.25) is 4.99 Å². The molecule has 7 heteroatoms. The van der Waals surface area contributed by atoms with E-state index in [1.807, 2.05) is 30.3 Å². The van der Waals surface area contributed by atoms with Crippen LogP contribution >= 0.6 is 0 Å². The normalized spacial score (nSPS) is 11.5. The summed E-state index contributed by atoms with van der Waals surface area (Å²) in [4.78, 5) is 12.7. The lowest BCUT2D eigenvalue weighted by Gasteiger charge is -2.12. The molecule has 2 aromatic carbocycles. The Morgan fingerprint density at radius 2 is 1.87 bits per heavy atom. The van der Waals surface area contributed by atoms with Gasteiger partial charge in [0, 0.05) is 26.1 Å². The summed E-state index contributed by atoms with van der Waals surface area (Å²) in [6.07, 6.45) is 2.68. The van der Waals surface area contributed by atoms with Gasteiger partial charge in [-0.15, -0.1) is 0 Å². The van der Waals surface area contributed by atoms with Crippen molar-refractivity contribution >= 4 is 17.0 Å². The predicted octanol–water partition coefficient (Wildman–Crippen LogP) is 3.31. The average molecular weight is 410 g/mol. The number of guanidine groups is 1. The second kappa shape index (κ2) is 11.1. The van der Waals surface area contributed by atoms with Crippen LogP contribution in [0.2, 0.25) is 0 Å². The van der Waals surface area contributed by atoms with E-state index in [-0.39, 0.29) is 0 Å². The van der Waals surface area contributed by atoms with Crippen molar-refractivity contribution in [3.8, 4) is 11.5 Å². The molecule has 0 fully saturated rings. The molecule has 0 amide bonds. The minimum Gasteiger partial charge on any atom is -0.493 e. The van der Waals surface area contributed by atoms with Crippen LogP contribution in [0.3, 0.4) is 0 Å². The lowest BCUT2D eigenvalue weighted by molar-refractivity contribution is 0.354. The lowest BCUT2D eigenvalue weighted by Crippen LogP contribution is -2.38. The van der Waals surface area contributed by atoms with Gasteiger partial charge >= 0.3 is 0 Å². The van der Waals surface area contributed by atoms with Crippen LogP contribution in [-0.2, 0) is 12.8 Å². The monoisotopic (exact) mass is 409 g/mol. The Kier molecular flexibility index (Phi) is 7.94. The Bertz CT molecular complexity index is 934. The zero-order valence-corrected chi connectivity index (χ0v) is 18.0. The Hall–Kier alpha value is -3.22. The number of fused-ring (bicyclic) bond motifs is 1. The Morgan fingerprint density at radius 3 is 2.63 bits per heavy atom. The topological polar surface area (TPSA) is 83.6 Å². The smallest absolute Gasteiger partial charge is 0.191 e. The first-order valence-corrected chi connectivity index (χ1v) is 10.4. The quantitative estimate of drug-likeness (QED) is 0.272. The number of para-hydroxylation sites is 2. The predicted molar refractivity (Wildman–Crippen MR) is 122 cm³/mol. The molecule has 0 unspecified atom stereocenters. The highest BCUT2D eigenvalue weighted by molar-refractivity contribution is 5.79. The number of hydrogen-bond acceptors (Lipinski definition) is 4. The summed E-state index contributed by atoms with van der Waals surface area (Å²) in [5.74, 6) is 3.34. The van der Waals surface area contributed by atoms with Crippen LogP contribution in [0.25, 0.3) is 11.0 Å². The highest BCUT2D eigenvalue weighted by atomic mass is 16.5. The van der Waals surface area contributed by atoms with Crippen molar-refractivity contribution in [3.63, 3.8) is 0 Å². The first-order valence-electron chi connectivity index (χ1n) is 10.4. The highest BCUT2D eigenvalue weighted by Gasteiger charge is 2.05. The van der Waals surface area contributed by atoms with E-state index in [0.29, 0.717) is 0 Å². The highest BCUT2D eigenvalue weighted by Crippen LogP contribution is 2.27. The zero-order chi connectivity index (χ0) is 21.2. The molecule has 0 atom stereocenters. The summed E-state index contributed by atoms with van der Waals surface area (Å²) in [6.45, 7) is 4.42. The minimum atomic E-state index is 0.739. The van der Waals surface area contributed by atoms with Gasteiger partial charge in [-0.05, 0) is 49.6 Å². The molecule has 0 saturated heterocycles. The molecule has 3 aromatic rings. The van der Waals surface area contributed by atoms with Gasteiger partial charge in [0.2, 0.25) is 0 Å². The minimum absolute atomic E-state index is 0.739. The molecule has 3 rings (SSSR count). The maximum absolute atomic E-state index is 5.37. The van der Waals surface area contributed by atoms with Crippen LogP contribution in [0.1, 0.15) is 24.7 Å². The van der Waals surface area contributed by atoms with Crippen LogP contribution in [0, 0.1) is 0 Å². The molecule has 0 bridgehead atoms. The van der Waals surface area contributed by atoms with Gasteiger partial charge in [-0.25, -0.2) is 4.98 Å². The molecule has 0 radical (unpaired) electrons. The second-order valence-electron chi connectivity index (χ2n) is 6.93. The van der Waals surface area contributed by atoms with Gasteiger partial charge < -0.3 is 25.1 Å². The number of aromatic nitrogens is 2. The first-order chi connectivity index (χ1) is 14.7. The molecular formula is C23H31N5O2. The van der Waals surface area contributed by atoms with Crippen molar-refractivity contribution in [1.29, 1.82) is 0 Å². The van der Waals surface area contributed by atoms with Gasteiger partial charge in [0.25, 0.3) is 0 Å². The van der Waals surface area contributed by atoms with Crippen LogP contribution in [0.4, 0.5) is 0 Å². The van der Waals surface area contributed by atoms with Crippen molar-refractivity contribution in [2.24, 2.45) is 4.99 Å². The third-order valence-corrected chi connectivity index (χ3v) is 4.78. The number of hydrogen-bond donors (Lipinski definition) is 3. The molecule has 7 nitrogen and oxygen atoms in total. The molecule has 0 saturated carbocycles. The van der Waals surface area contributed by atoms with Gasteiger partial charge in [0.15, 0.2) is 17.5 Å². The third-order valence-electron chi connectivity index (χ3n) is 4.78. The maximum Gasteiger partial charge on any atom is 0.191 e. The largest absolute Gasteiger partial charge is 0.493 e. The first kappa shape index (κ1) is 21.5. The molecule has 0 aliphatic rings. The number of imidazole rings is 1. The van der Waals surface area contributed by atoms with E-state index in [1.165, 1.54) is 5.56 Å². The molecule has 160 valence electrons. The summed E-state index contributed by atoms with van der Waals surface area (Å²) in [5.41, 5.74) is 3.28. The van der Waals surface area contributed by atoms with Crippen LogP contribution < -0.4 is 20.1 Å². The molecule has 0 aliphatic carbocycles. The number of nitrogens with zero attached hydrogens (tertiary/aromatic N) is 2. The number of aliphatic imine (C=N–C) groups is 1. The number of H-pyrrole nitrogens is 1. The van der Waals surface area contributed by atoms with E-state index in [2.05, 4.69) is 44.7 Å². The molecule has 1 aromatic heterocycles. The van der Waals surface area contributed by atoms with E-state index < -0.39 is 0 Å². The summed E-state index contributed by atoms with van der Waals surface area (Å²) in [5, 5.41) is 6.70. The van der Waals surface area contributed by atoms with E-state index in [1.54, 1.807) is 14.2 Å². The number of ether oxygens (including phenoxy) is 2. The van der Waals surface area contributed by atoms with E-state index in [9.17, 15) is 0 Å². The SMILES string of the molecule is CCNC(=NCCCc1nc2ccccc2[nH]1)NCCc1ccc(OC)c(OC)c1. The standard InChI is InChI=1S/C23H31N5O2/c1-4-24-23(26-15-13-17-11-12-20(29-2)21(16-17)30-3)25-14-7-10-22-27-18-8-5-6-9-19(18)28-22/h5-6,8-9,11-12,16H,4,7,10,13-15H2,1-3H3,(H,27,28)(H2,24,25,26). The third kappa shape index (κ3) is 5.89. The van der Waals surface area contributed by atoms with Gasteiger partial charge in [0.05, 0.1) is 25.3 Å². The van der Waals surface area contributed by atoms with Crippen molar-refractivity contribution < 1.29 is 9.47 Å². The van der Waals surface area contributed by atoms with Gasteiger partial charge in [-0.1, -0.05) is 18.2 Å². The van der Waals surface area contributed by atoms with E-state index in [0.717, 1.165) is 73.2 Å². The van der Waals surface area contributed by atoms with E-state index in [4.69, 9.17) is 9.47 Å². The second-order valence-corrected chi connectivity index (χ2v) is 6.93. The maximum atomic E-state index is 5.37. The van der Waals surface area contributed by atoms with Crippen LogP contribution in [0.15, 0.2) is 47.5 Å². The van der Waals surface area contributed by atoms with Crippen molar-refractivity contribution in [1.82, 2.24) is 20.6 Å². The Labute approximate surface area is 177 Å². The molecule has 0 spiro atoms. The van der Waals surface area contributed by atoms with E-state index >= 15 is 0 Å². The Balaban J connectivity index is 1.47. The Morgan fingerprint density at radius 1 is 1.03 bits per heavy atom. The molecule has 3 N–H and O–H groups in total. The van der Waals surface area contributed by atoms with Crippen molar-refractivity contribution in [3.05, 3.63) is 53.9 Å². The molecule has 1 heterocycles. The summed E-state index contributed by atoms with van der Waals surface area (Å²) in [6, 6.07) is 14.1. The summed E-state index contributed by atoms with van der Waals surface area (Å²) >= 11 is 0. The number of benzene rings is 2. The van der Waals surface area contributed by atoms with Crippen molar-refractivity contribution in [2.75, 3.05) is 33.9 Å². The fourth-order valence-electron chi connectivity index (χ4n) is 3.26. The lowest BCUT2D eigenvalue weighted by atomic mass is 10.1. The van der Waals surface area contributed by atoms with Gasteiger partial charge in [-0.2, -0.15) is 0 Å². The number of rotatable bonds is 10. The summed E-state index contributed by atoms with van der Waals surface area (Å²) in [7, 11) is 3.30. The molecular weight excluding hydrogens is 378 g/mol. The average Bonchev–Trinajstić information content (AvgIpc) is 3.19. The number of methoxy groups -OCH3 is 2. The van der Waals surface area contributed by atoms with Crippen molar-refractivity contribution in [2.45, 2.75) is 26.2 Å². The zero-order valence-electron chi connectivity index (χ0n) is 18.0.